The number of rotatable bonds is 4. The highest BCUT2D eigenvalue weighted by molar-refractivity contribution is 7.21. The molecule has 0 bridgehead atoms. The molecular formula is C22H22N2O4S. The molecule has 150 valence electrons. The molecule has 1 fully saturated rings. The first-order valence-electron chi connectivity index (χ1n) is 9.43. The second-order valence-electron chi connectivity index (χ2n) is 6.83. The van der Waals surface area contributed by atoms with E-state index in [2.05, 4.69) is 10.2 Å². The molecule has 0 saturated carbocycles. The van der Waals surface area contributed by atoms with Gasteiger partial charge in [0.05, 0.1) is 36.5 Å². The summed E-state index contributed by atoms with van der Waals surface area (Å²) in [4.78, 5) is 28.1. The molecule has 1 aliphatic rings. The molecule has 1 N–H and O–H groups in total. The van der Waals surface area contributed by atoms with Gasteiger partial charge >= 0.3 is 5.97 Å². The molecule has 29 heavy (non-hydrogen) atoms. The van der Waals surface area contributed by atoms with Gasteiger partial charge in [-0.3, -0.25) is 4.79 Å². The molecule has 1 saturated heterocycles. The average molecular weight is 410 g/mol. The monoisotopic (exact) mass is 410 g/mol. The molecule has 3 aromatic rings. The number of carbonyl (C=O) groups excluding carboxylic acids is 2. The maximum atomic E-state index is 13.0. The molecule has 6 nitrogen and oxygen atoms in total. The number of carbonyl (C=O) groups is 2. The predicted octanol–water partition coefficient (Wildman–Crippen LogP) is 4.09. The normalized spacial score (nSPS) is 14.1. The average Bonchev–Trinajstić information content (AvgIpc) is 3.11. The zero-order valence-corrected chi connectivity index (χ0v) is 17.2. The van der Waals surface area contributed by atoms with Gasteiger partial charge in [0, 0.05) is 23.5 Å². The zero-order chi connectivity index (χ0) is 20.4. The second-order valence-corrected chi connectivity index (χ2v) is 7.88. The molecular weight excluding hydrogens is 388 g/mol. The van der Waals surface area contributed by atoms with Crippen LogP contribution in [0, 0.1) is 6.92 Å². The van der Waals surface area contributed by atoms with Crippen LogP contribution in [-0.2, 0) is 9.47 Å². The Hall–Kier alpha value is -2.90. The first-order valence-corrected chi connectivity index (χ1v) is 10.2. The lowest BCUT2D eigenvalue weighted by atomic mass is 10.1. The number of hydrogen-bond acceptors (Lipinski definition) is 6. The van der Waals surface area contributed by atoms with Gasteiger partial charge in [-0.15, -0.1) is 11.3 Å². The third-order valence-corrected chi connectivity index (χ3v) is 6.35. The van der Waals surface area contributed by atoms with Gasteiger partial charge in [0.2, 0.25) is 0 Å². The van der Waals surface area contributed by atoms with E-state index in [1.54, 1.807) is 12.1 Å². The van der Waals surface area contributed by atoms with Crippen LogP contribution in [0.4, 0.5) is 11.4 Å². The van der Waals surface area contributed by atoms with E-state index in [4.69, 9.17) is 9.47 Å². The highest BCUT2D eigenvalue weighted by Crippen LogP contribution is 2.32. The van der Waals surface area contributed by atoms with E-state index >= 15 is 0 Å². The van der Waals surface area contributed by atoms with E-state index in [1.165, 1.54) is 18.4 Å². The Balaban J connectivity index is 1.65. The van der Waals surface area contributed by atoms with Crippen molar-refractivity contribution in [3.05, 3.63) is 58.5 Å². The topological polar surface area (TPSA) is 67.9 Å². The molecule has 2 heterocycles. The van der Waals surface area contributed by atoms with E-state index in [9.17, 15) is 9.59 Å². The van der Waals surface area contributed by atoms with Gasteiger partial charge in [-0.25, -0.2) is 4.79 Å². The van der Waals surface area contributed by atoms with Gasteiger partial charge in [0.25, 0.3) is 5.91 Å². The molecule has 0 radical (unpaired) electrons. The van der Waals surface area contributed by atoms with Crippen LogP contribution < -0.4 is 10.2 Å². The molecule has 7 heteroatoms. The van der Waals surface area contributed by atoms with Crippen molar-refractivity contribution in [2.24, 2.45) is 0 Å². The summed E-state index contributed by atoms with van der Waals surface area (Å²) in [7, 11) is 1.34. The van der Waals surface area contributed by atoms with Gasteiger partial charge in [-0.05, 0) is 42.1 Å². The van der Waals surface area contributed by atoms with Gasteiger partial charge < -0.3 is 19.7 Å². The minimum atomic E-state index is -0.483. The first-order chi connectivity index (χ1) is 14.1. The van der Waals surface area contributed by atoms with Gasteiger partial charge in [-0.2, -0.15) is 0 Å². The summed E-state index contributed by atoms with van der Waals surface area (Å²) in [6, 6.07) is 13.4. The summed E-state index contributed by atoms with van der Waals surface area (Å²) >= 11 is 1.45. The van der Waals surface area contributed by atoms with Crippen LogP contribution in [0.2, 0.25) is 0 Å². The number of aryl methyl sites for hydroxylation is 1. The van der Waals surface area contributed by atoms with Crippen molar-refractivity contribution >= 4 is 44.7 Å². The minimum Gasteiger partial charge on any atom is -0.465 e. The van der Waals surface area contributed by atoms with E-state index in [1.807, 2.05) is 37.3 Å². The summed E-state index contributed by atoms with van der Waals surface area (Å²) < 4.78 is 11.4. The molecule has 1 aliphatic heterocycles. The maximum absolute atomic E-state index is 13.0. The van der Waals surface area contributed by atoms with Crippen LogP contribution in [0.25, 0.3) is 10.1 Å². The Morgan fingerprint density at radius 2 is 1.90 bits per heavy atom. The van der Waals surface area contributed by atoms with Gasteiger partial charge in [0.15, 0.2) is 0 Å². The maximum Gasteiger partial charge on any atom is 0.340 e. The number of esters is 1. The number of amides is 1. The molecule has 0 aliphatic carbocycles. The van der Waals surface area contributed by atoms with Crippen LogP contribution in [0.5, 0.6) is 0 Å². The fourth-order valence-corrected chi connectivity index (χ4v) is 4.61. The van der Waals surface area contributed by atoms with Crippen LogP contribution in [0.1, 0.15) is 25.6 Å². The molecule has 1 amide bonds. The zero-order valence-electron chi connectivity index (χ0n) is 16.4. The van der Waals surface area contributed by atoms with Crippen molar-refractivity contribution in [1.82, 2.24) is 0 Å². The summed E-state index contributed by atoms with van der Waals surface area (Å²) in [5, 5.41) is 3.97. The van der Waals surface area contributed by atoms with Crippen LogP contribution >= 0.6 is 11.3 Å². The number of morpholine rings is 1. The molecule has 4 rings (SSSR count). The number of nitrogens with zero attached hydrogens (tertiary/aromatic N) is 1. The Kier molecular flexibility index (Phi) is 5.51. The predicted molar refractivity (Wildman–Crippen MR) is 115 cm³/mol. The second kappa shape index (κ2) is 8.23. The van der Waals surface area contributed by atoms with Crippen LogP contribution in [0.3, 0.4) is 0 Å². The number of benzene rings is 2. The number of anilines is 2. The SMILES string of the molecule is COC(=O)c1cc(N2CCOCC2)ccc1NC(=O)c1sc2ccccc2c1C. The summed E-state index contributed by atoms with van der Waals surface area (Å²) in [5.41, 5.74) is 2.62. The van der Waals surface area contributed by atoms with Crippen molar-refractivity contribution in [3.63, 3.8) is 0 Å². The first kappa shape index (κ1) is 19.4. The van der Waals surface area contributed by atoms with Gasteiger partial charge in [0.1, 0.15) is 0 Å². The third-order valence-electron chi connectivity index (χ3n) is 5.08. The molecule has 0 unspecified atom stereocenters. The number of nitrogens with one attached hydrogen (secondary N) is 1. The molecule has 0 spiro atoms. The van der Waals surface area contributed by atoms with Crippen molar-refractivity contribution in [2.75, 3.05) is 43.6 Å². The fraction of sp³-hybridized carbons (Fsp3) is 0.273. The third kappa shape index (κ3) is 3.83. The van der Waals surface area contributed by atoms with Crippen molar-refractivity contribution in [2.45, 2.75) is 6.92 Å². The van der Waals surface area contributed by atoms with Gasteiger partial charge in [-0.1, -0.05) is 18.2 Å². The number of methoxy groups -OCH3 is 1. The van der Waals surface area contributed by atoms with E-state index < -0.39 is 5.97 Å². The molecule has 1 aromatic heterocycles. The van der Waals surface area contributed by atoms with Crippen LogP contribution in [-0.4, -0.2) is 45.3 Å². The lowest BCUT2D eigenvalue weighted by Crippen LogP contribution is -2.36. The largest absolute Gasteiger partial charge is 0.465 e. The summed E-state index contributed by atoms with van der Waals surface area (Å²) in [6.07, 6.45) is 0. The lowest BCUT2D eigenvalue weighted by molar-refractivity contribution is 0.0602. The summed E-state index contributed by atoms with van der Waals surface area (Å²) in [5.74, 6) is -0.712. The van der Waals surface area contributed by atoms with Crippen molar-refractivity contribution in [1.29, 1.82) is 0 Å². The highest BCUT2D eigenvalue weighted by atomic mass is 32.1. The molecule has 0 atom stereocenters. The van der Waals surface area contributed by atoms with E-state index in [0.717, 1.165) is 34.4 Å². The Morgan fingerprint density at radius 1 is 1.14 bits per heavy atom. The van der Waals surface area contributed by atoms with Crippen molar-refractivity contribution < 1.29 is 19.1 Å². The van der Waals surface area contributed by atoms with Crippen molar-refractivity contribution in [3.8, 4) is 0 Å². The Labute approximate surface area is 173 Å². The Morgan fingerprint density at radius 3 is 2.62 bits per heavy atom. The fourth-order valence-electron chi connectivity index (χ4n) is 3.51. The van der Waals surface area contributed by atoms with E-state index in [-0.39, 0.29) is 5.91 Å². The van der Waals surface area contributed by atoms with Crippen LogP contribution in [0.15, 0.2) is 42.5 Å². The van der Waals surface area contributed by atoms with E-state index in [0.29, 0.717) is 29.3 Å². The minimum absolute atomic E-state index is 0.229. The standard InChI is InChI=1S/C22H22N2O4S/c1-14-16-5-3-4-6-19(16)29-20(14)21(25)23-18-8-7-15(13-17(18)22(26)27-2)24-9-11-28-12-10-24/h3-8,13H,9-12H2,1-2H3,(H,23,25). The lowest BCUT2D eigenvalue weighted by Gasteiger charge is -2.29. The number of fused-ring (bicyclic) bond motifs is 1. The highest BCUT2D eigenvalue weighted by Gasteiger charge is 2.21. The quantitative estimate of drug-likeness (QED) is 0.657. The smallest absolute Gasteiger partial charge is 0.340 e. The number of hydrogen-bond donors (Lipinski definition) is 1. The number of ether oxygens (including phenoxy) is 2. The Bertz CT molecular complexity index is 1070. The molecule has 2 aromatic carbocycles. The summed E-state index contributed by atoms with van der Waals surface area (Å²) in [6.45, 7) is 4.76. The number of thiophene rings is 1.